The standard InChI is InChI=1S/C15H16O4S2/c1-21(17,18)13-8-6-12(7-9-13)19-10-2-4-14(16)15-5-3-11-20-15/h3,5-9,11H,2,4,10H2,1H3. The number of carbonyl (C=O) groups is 1. The van der Waals surface area contributed by atoms with Gasteiger partial charge in [0, 0.05) is 12.7 Å². The first-order chi connectivity index (χ1) is 9.97. The lowest BCUT2D eigenvalue weighted by Gasteiger charge is -2.06. The molecule has 2 aromatic rings. The van der Waals surface area contributed by atoms with Crippen molar-refractivity contribution in [2.75, 3.05) is 12.9 Å². The van der Waals surface area contributed by atoms with E-state index in [1.165, 1.54) is 29.7 Å². The molecule has 21 heavy (non-hydrogen) atoms. The summed E-state index contributed by atoms with van der Waals surface area (Å²) in [6, 6.07) is 9.95. The molecule has 2 rings (SSSR count). The third kappa shape index (κ3) is 4.68. The number of hydrogen-bond donors (Lipinski definition) is 0. The summed E-state index contributed by atoms with van der Waals surface area (Å²) >= 11 is 1.44. The zero-order chi connectivity index (χ0) is 15.3. The van der Waals surface area contributed by atoms with Gasteiger partial charge in [0.15, 0.2) is 15.6 Å². The van der Waals surface area contributed by atoms with Gasteiger partial charge in [-0.3, -0.25) is 4.79 Å². The monoisotopic (exact) mass is 324 g/mol. The highest BCUT2D eigenvalue weighted by Crippen LogP contribution is 2.17. The van der Waals surface area contributed by atoms with Crippen molar-refractivity contribution in [2.24, 2.45) is 0 Å². The second-order valence-corrected chi connectivity index (χ2v) is 7.56. The molecule has 0 spiro atoms. The van der Waals surface area contributed by atoms with Crippen molar-refractivity contribution in [1.29, 1.82) is 0 Å². The maximum Gasteiger partial charge on any atom is 0.175 e. The number of sulfone groups is 1. The van der Waals surface area contributed by atoms with Crippen LogP contribution in [0.3, 0.4) is 0 Å². The van der Waals surface area contributed by atoms with Crippen LogP contribution in [-0.2, 0) is 9.84 Å². The number of rotatable bonds is 7. The first kappa shape index (κ1) is 15.7. The Labute approximate surface area is 128 Å². The highest BCUT2D eigenvalue weighted by Gasteiger charge is 2.08. The quantitative estimate of drug-likeness (QED) is 0.580. The molecule has 1 aromatic heterocycles. The van der Waals surface area contributed by atoms with Crippen molar-refractivity contribution < 1.29 is 17.9 Å². The van der Waals surface area contributed by atoms with Gasteiger partial charge in [0.2, 0.25) is 0 Å². The van der Waals surface area contributed by atoms with E-state index < -0.39 is 9.84 Å². The second kappa shape index (κ2) is 6.87. The maximum atomic E-state index is 11.8. The van der Waals surface area contributed by atoms with E-state index in [4.69, 9.17) is 4.74 Å². The largest absolute Gasteiger partial charge is 0.494 e. The van der Waals surface area contributed by atoms with Gasteiger partial charge in [0.25, 0.3) is 0 Å². The van der Waals surface area contributed by atoms with Crippen molar-refractivity contribution in [3.8, 4) is 5.75 Å². The zero-order valence-corrected chi connectivity index (χ0v) is 13.2. The van der Waals surface area contributed by atoms with E-state index in [1.54, 1.807) is 12.1 Å². The molecule has 0 saturated carbocycles. The smallest absolute Gasteiger partial charge is 0.175 e. The molecule has 0 fully saturated rings. The van der Waals surface area contributed by atoms with Crippen LogP contribution in [0.15, 0.2) is 46.7 Å². The first-order valence-corrected chi connectivity index (χ1v) is 9.23. The third-order valence-corrected chi connectivity index (χ3v) is 4.90. The summed E-state index contributed by atoms with van der Waals surface area (Å²) in [7, 11) is -3.18. The third-order valence-electron chi connectivity index (χ3n) is 2.86. The molecular formula is C15H16O4S2. The van der Waals surface area contributed by atoms with Gasteiger partial charge in [-0.1, -0.05) is 6.07 Å². The van der Waals surface area contributed by atoms with Crippen molar-refractivity contribution >= 4 is 27.0 Å². The van der Waals surface area contributed by atoms with Crippen LogP contribution in [0.1, 0.15) is 22.5 Å². The van der Waals surface area contributed by atoms with E-state index in [2.05, 4.69) is 0 Å². The lowest BCUT2D eigenvalue weighted by molar-refractivity contribution is 0.0977. The van der Waals surface area contributed by atoms with Crippen molar-refractivity contribution in [2.45, 2.75) is 17.7 Å². The summed E-state index contributed by atoms with van der Waals surface area (Å²) < 4.78 is 28.1. The predicted octanol–water partition coefficient (Wildman–Crippen LogP) is 3.19. The van der Waals surface area contributed by atoms with Gasteiger partial charge in [-0.05, 0) is 42.1 Å². The minimum absolute atomic E-state index is 0.126. The Morgan fingerprint density at radius 2 is 1.90 bits per heavy atom. The molecule has 0 bridgehead atoms. The predicted molar refractivity (Wildman–Crippen MR) is 82.9 cm³/mol. The van der Waals surface area contributed by atoms with Crippen molar-refractivity contribution in [1.82, 2.24) is 0 Å². The van der Waals surface area contributed by atoms with E-state index in [1.807, 2.05) is 17.5 Å². The van der Waals surface area contributed by atoms with E-state index in [9.17, 15) is 13.2 Å². The Morgan fingerprint density at radius 3 is 2.48 bits per heavy atom. The summed E-state index contributed by atoms with van der Waals surface area (Å²) in [6.07, 6.45) is 2.24. The Balaban J connectivity index is 1.78. The molecule has 0 unspecified atom stereocenters. The maximum absolute atomic E-state index is 11.8. The zero-order valence-electron chi connectivity index (χ0n) is 11.6. The van der Waals surface area contributed by atoms with Gasteiger partial charge in [-0.2, -0.15) is 0 Å². The van der Waals surface area contributed by atoms with Crippen LogP contribution in [0.4, 0.5) is 0 Å². The summed E-state index contributed by atoms with van der Waals surface area (Å²) in [5, 5.41) is 1.88. The van der Waals surface area contributed by atoms with Gasteiger partial charge in [-0.25, -0.2) is 8.42 Å². The lowest BCUT2D eigenvalue weighted by atomic mass is 10.2. The van der Waals surface area contributed by atoms with Crippen LogP contribution in [0.25, 0.3) is 0 Å². The van der Waals surface area contributed by atoms with Gasteiger partial charge >= 0.3 is 0 Å². The molecule has 0 N–H and O–H groups in total. The van der Waals surface area contributed by atoms with Gasteiger partial charge in [0.1, 0.15) is 5.75 Å². The molecule has 1 heterocycles. The molecule has 1 aromatic carbocycles. The van der Waals surface area contributed by atoms with E-state index in [-0.39, 0.29) is 10.7 Å². The van der Waals surface area contributed by atoms with Crippen LogP contribution in [0.2, 0.25) is 0 Å². The molecule has 6 heteroatoms. The molecule has 0 aliphatic rings. The van der Waals surface area contributed by atoms with Crippen LogP contribution < -0.4 is 4.74 Å². The highest BCUT2D eigenvalue weighted by atomic mass is 32.2. The summed E-state index contributed by atoms with van der Waals surface area (Å²) in [6.45, 7) is 0.426. The van der Waals surface area contributed by atoms with Crippen LogP contribution in [0, 0.1) is 0 Å². The number of hydrogen-bond acceptors (Lipinski definition) is 5. The van der Waals surface area contributed by atoms with Crippen LogP contribution in [-0.4, -0.2) is 27.1 Å². The second-order valence-electron chi connectivity index (χ2n) is 4.60. The number of carbonyl (C=O) groups excluding carboxylic acids is 1. The fraction of sp³-hybridized carbons (Fsp3) is 0.267. The number of thiophene rings is 1. The van der Waals surface area contributed by atoms with Gasteiger partial charge in [0.05, 0.1) is 16.4 Å². The fourth-order valence-electron chi connectivity index (χ4n) is 1.77. The van der Waals surface area contributed by atoms with Gasteiger partial charge in [-0.15, -0.1) is 11.3 Å². The Morgan fingerprint density at radius 1 is 1.19 bits per heavy atom. The SMILES string of the molecule is CS(=O)(=O)c1ccc(OCCCC(=O)c2cccs2)cc1. The van der Waals surface area contributed by atoms with Crippen LogP contribution >= 0.6 is 11.3 Å². The number of benzene rings is 1. The molecule has 0 aliphatic carbocycles. The molecule has 0 radical (unpaired) electrons. The number of ketones is 1. The normalized spacial score (nSPS) is 11.3. The van der Waals surface area contributed by atoms with E-state index in [0.717, 1.165) is 4.88 Å². The molecule has 0 atom stereocenters. The Kier molecular flexibility index (Phi) is 5.14. The summed E-state index contributed by atoms with van der Waals surface area (Å²) in [4.78, 5) is 12.8. The highest BCUT2D eigenvalue weighted by molar-refractivity contribution is 7.90. The van der Waals surface area contributed by atoms with E-state index >= 15 is 0 Å². The summed E-state index contributed by atoms with van der Waals surface area (Å²) in [5.74, 6) is 0.729. The van der Waals surface area contributed by atoms with E-state index in [0.29, 0.717) is 25.2 Å². The lowest BCUT2D eigenvalue weighted by Crippen LogP contribution is -2.03. The fourth-order valence-corrected chi connectivity index (χ4v) is 3.09. The molecule has 112 valence electrons. The van der Waals surface area contributed by atoms with Crippen molar-refractivity contribution in [3.63, 3.8) is 0 Å². The molecule has 0 saturated heterocycles. The average molecular weight is 324 g/mol. The molecular weight excluding hydrogens is 308 g/mol. The first-order valence-electron chi connectivity index (χ1n) is 6.46. The van der Waals surface area contributed by atoms with Crippen LogP contribution in [0.5, 0.6) is 5.75 Å². The minimum Gasteiger partial charge on any atom is -0.494 e. The molecule has 0 aliphatic heterocycles. The molecule has 0 amide bonds. The number of ether oxygens (including phenoxy) is 1. The Hall–Kier alpha value is -1.66. The molecule has 4 nitrogen and oxygen atoms in total. The van der Waals surface area contributed by atoms with Gasteiger partial charge < -0.3 is 4.74 Å². The van der Waals surface area contributed by atoms with Crippen molar-refractivity contribution in [3.05, 3.63) is 46.7 Å². The summed E-state index contributed by atoms with van der Waals surface area (Å²) in [5.41, 5.74) is 0. The average Bonchev–Trinajstić information content (AvgIpc) is 2.97. The Bertz CT molecular complexity index is 686. The minimum atomic E-state index is -3.18. The number of Topliss-reactive ketones (excluding diaryl/α,β-unsaturated/α-hetero) is 1. The topological polar surface area (TPSA) is 60.4 Å².